The normalized spacial score (nSPS) is 18.0. The van der Waals surface area contributed by atoms with Crippen LogP contribution in [0.5, 0.6) is 0 Å². The first-order chi connectivity index (χ1) is 20.1. The van der Waals surface area contributed by atoms with Gasteiger partial charge in [-0.2, -0.15) is 18.4 Å². The van der Waals surface area contributed by atoms with Crippen molar-refractivity contribution in [3.05, 3.63) is 68.3 Å². The number of alkyl halides is 3. The number of allylic oxidation sites excluding steroid dienone is 3. The Bertz CT molecular complexity index is 1440. The van der Waals surface area contributed by atoms with Gasteiger partial charge in [0.25, 0.3) is 0 Å². The van der Waals surface area contributed by atoms with Crippen LogP contribution in [0.1, 0.15) is 66.1 Å². The number of carbonyl (C=O) groups excluding carboxylic acids is 1. The minimum atomic E-state index is -4.63. The number of carbonyl (C=O) groups is 1. The Hall–Kier alpha value is -2.98. The van der Waals surface area contributed by atoms with Gasteiger partial charge in [-0.05, 0) is 84.6 Å². The Morgan fingerprint density at radius 1 is 1.23 bits per heavy atom. The van der Waals surface area contributed by atoms with Crippen LogP contribution in [0.2, 0.25) is 5.02 Å². The molecule has 232 valence electrons. The lowest BCUT2D eigenvalue weighted by Crippen LogP contribution is -2.20. The number of ether oxygens (including phenoxy) is 2. The van der Waals surface area contributed by atoms with Gasteiger partial charge < -0.3 is 14.0 Å². The van der Waals surface area contributed by atoms with Gasteiger partial charge in [-0.15, -0.1) is 6.42 Å². The van der Waals surface area contributed by atoms with E-state index in [1.165, 1.54) is 5.57 Å². The molecule has 1 saturated carbocycles. The van der Waals surface area contributed by atoms with Gasteiger partial charge in [0, 0.05) is 11.6 Å². The lowest BCUT2D eigenvalue weighted by Gasteiger charge is -2.15. The molecule has 5 nitrogen and oxygen atoms in total. The third kappa shape index (κ3) is 8.79. The number of esters is 1. The second-order valence-corrected chi connectivity index (χ2v) is 12.2. The van der Waals surface area contributed by atoms with Gasteiger partial charge in [-0.1, -0.05) is 68.2 Å². The SMILES string of the molecule is C#CC(OC(=O)[C@@H]1C(C=C(C)C)C1(C)C)/C(C)=C/CC.CCOCn1c(-c2ccc(Cl)cc2)c(C#N)c(Br)c1C(F)(F)F. The standard InChI is InChI=1S/C18H26O2.C15H11BrClF3N2O/c1-8-10-13(5)15(9-2)20-17(19)16-14(11-12(3)4)18(16,6)7;1-2-23-8-22-13(9-3-5-10(17)6-4-9)11(7-21)12(16)14(22)15(18,19)20/h2,10-11,14-16H,8H2,1,3-7H3;3-6H,2,8H2,1H3/b13-10+;/t14?,15?,16-;/m0./s1. The Morgan fingerprint density at radius 3 is 2.30 bits per heavy atom. The molecular weight excluding hydrogens is 645 g/mol. The molecule has 3 atom stereocenters. The molecule has 1 aliphatic carbocycles. The molecule has 0 N–H and O–H groups in total. The molecule has 1 aromatic carbocycles. The van der Waals surface area contributed by atoms with E-state index in [1.54, 1.807) is 31.2 Å². The number of nitrogens with zero attached hydrogens (tertiary/aromatic N) is 2. The number of terminal acetylenes is 1. The van der Waals surface area contributed by atoms with E-state index in [4.69, 9.17) is 27.5 Å². The predicted molar refractivity (Wildman–Crippen MR) is 167 cm³/mol. The van der Waals surface area contributed by atoms with E-state index in [9.17, 15) is 23.2 Å². The molecule has 0 amide bonds. The molecule has 0 radical (unpaired) electrons. The maximum absolute atomic E-state index is 13.4. The summed E-state index contributed by atoms with van der Waals surface area (Å²) >= 11 is 8.73. The summed E-state index contributed by atoms with van der Waals surface area (Å²) in [5.74, 6) is 2.56. The lowest BCUT2D eigenvalue weighted by molar-refractivity contribution is -0.148. The van der Waals surface area contributed by atoms with Crippen molar-refractivity contribution >= 4 is 33.5 Å². The van der Waals surface area contributed by atoms with Crippen LogP contribution in [0, 0.1) is 40.9 Å². The van der Waals surface area contributed by atoms with Crippen molar-refractivity contribution in [2.45, 2.75) is 73.9 Å². The van der Waals surface area contributed by atoms with E-state index in [0.717, 1.165) is 16.6 Å². The summed E-state index contributed by atoms with van der Waals surface area (Å²) in [5.41, 5.74) is 1.66. The Morgan fingerprint density at radius 2 is 1.84 bits per heavy atom. The summed E-state index contributed by atoms with van der Waals surface area (Å²) < 4.78 is 51.6. The zero-order chi connectivity index (χ0) is 32.7. The topological polar surface area (TPSA) is 64.2 Å². The highest BCUT2D eigenvalue weighted by Gasteiger charge is 2.61. The molecule has 2 aromatic rings. The molecule has 1 aliphatic rings. The van der Waals surface area contributed by atoms with Crippen LogP contribution < -0.4 is 0 Å². The molecule has 43 heavy (non-hydrogen) atoms. The number of aromatic nitrogens is 1. The fourth-order valence-corrected chi connectivity index (χ4v) is 5.70. The molecule has 1 fully saturated rings. The van der Waals surface area contributed by atoms with Gasteiger partial charge in [0.2, 0.25) is 0 Å². The lowest BCUT2D eigenvalue weighted by atomic mass is 10.1. The molecule has 0 saturated heterocycles. The average molecular weight is 682 g/mol. The predicted octanol–water partition coefficient (Wildman–Crippen LogP) is 9.58. The van der Waals surface area contributed by atoms with Gasteiger partial charge in [-0.3, -0.25) is 4.79 Å². The van der Waals surface area contributed by atoms with E-state index < -0.39 is 18.0 Å². The van der Waals surface area contributed by atoms with Gasteiger partial charge in [-0.25, -0.2) is 0 Å². The van der Waals surface area contributed by atoms with Crippen LogP contribution in [0.25, 0.3) is 11.3 Å². The maximum Gasteiger partial charge on any atom is 0.432 e. The first kappa shape index (κ1) is 36.2. The number of halogens is 5. The van der Waals surface area contributed by atoms with Crippen molar-refractivity contribution in [2.75, 3.05) is 6.61 Å². The molecule has 0 spiro atoms. The molecule has 2 unspecified atom stereocenters. The maximum atomic E-state index is 13.4. The van der Waals surface area contributed by atoms with E-state index >= 15 is 0 Å². The summed E-state index contributed by atoms with van der Waals surface area (Å²) in [6, 6.07) is 8.06. The van der Waals surface area contributed by atoms with Crippen LogP contribution >= 0.6 is 27.5 Å². The van der Waals surface area contributed by atoms with Crippen molar-refractivity contribution < 1.29 is 27.4 Å². The highest BCUT2D eigenvalue weighted by molar-refractivity contribution is 9.10. The first-order valence-electron chi connectivity index (χ1n) is 13.8. The number of benzene rings is 1. The van der Waals surface area contributed by atoms with Crippen LogP contribution in [0.4, 0.5) is 13.2 Å². The Kier molecular flexibility index (Phi) is 12.8. The van der Waals surface area contributed by atoms with E-state index in [0.29, 0.717) is 10.6 Å². The Labute approximate surface area is 265 Å². The second-order valence-electron chi connectivity index (χ2n) is 11.0. The van der Waals surface area contributed by atoms with Gasteiger partial charge in [0.05, 0.1) is 21.6 Å². The second kappa shape index (κ2) is 15.1. The summed E-state index contributed by atoms with van der Waals surface area (Å²) in [4.78, 5) is 12.3. The highest BCUT2D eigenvalue weighted by Crippen LogP contribution is 2.60. The van der Waals surface area contributed by atoms with Crippen molar-refractivity contribution in [3.63, 3.8) is 0 Å². The number of hydrogen-bond acceptors (Lipinski definition) is 4. The highest BCUT2D eigenvalue weighted by atomic mass is 79.9. The fourth-order valence-electron chi connectivity index (χ4n) is 4.86. The third-order valence-electron chi connectivity index (χ3n) is 7.13. The van der Waals surface area contributed by atoms with Crippen LogP contribution in [0.15, 0.2) is 52.0 Å². The molecule has 1 aromatic heterocycles. The first-order valence-corrected chi connectivity index (χ1v) is 14.9. The van der Waals surface area contributed by atoms with Crippen molar-refractivity contribution in [1.82, 2.24) is 4.57 Å². The summed E-state index contributed by atoms with van der Waals surface area (Å²) in [6.45, 7) is 13.9. The van der Waals surface area contributed by atoms with Crippen molar-refractivity contribution in [2.24, 2.45) is 17.3 Å². The minimum Gasteiger partial charge on any atom is -0.444 e. The van der Waals surface area contributed by atoms with Crippen molar-refractivity contribution in [3.8, 4) is 29.7 Å². The van der Waals surface area contributed by atoms with Crippen LogP contribution in [0.3, 0.4) is 0 Å². The van der Waals surface area contributed by atoms with Gasteiger partial charge in [0.15, 0.2) is 6.10 Å². The summed E-state index contributed by atoms with van der Waals surface area (Å²) in [7, 11) is 0. The summed E-state index contributed by atoms with van der Waals surface area (Å²) in [5, 5.41) is 9.77. The number of rotatable bonds is 9. The molecule has 3 rings (SSSR count). The number of nitriles is 1. The molecule has 0 bridgehead atoms. The zero-order valence-corrected chi connectivity index (χ0v) is 27.7. The molecular formula is C33H37BrClF3N2O3. The van der Waals surface area contributed by atoms with E-state index in [2.05, 4.69) is 55.6 Å². The molecule has 0 aliphatic heterocycles. The average Bonchev–Trinajstić information content (AvgIpc) is 3.31. The van der Waals surface area contributed by atoms with E-state index in [1.807, 2.05) is 26.0 Å². The van der Waals surface area contributed by atoms with Crippen LogP contribution in [-0.4, -0.2) is 23.2 Å². The quantitative estimate of drug-likeness (QED) is 0.150. The smallest absolute Gasteiger partial charge is 0.432 e. The van der Waals surface area contributed by atoms with E-state index in [-0.39, 0.29) is 52.3 Å². The Balaban J connectivity index is 0.000000304. The fraction of sp³-hybridized carbons (Fsp3) is 0.455. The van der Waals surface area contributed by atoms with Gasteiger partial charge >= 0.3 is 12.1 Å². The van der Waals surface area contributed by atoms with Gasteiger partial charge in [0.1, 0.15) is 18.5 Å². The monoisotopic (exact) mass is 680 g/mol. The van der Waals surface area contributed by atoms with Crippen molar-refractivity contribution in [1.29, 1.82) is 5.26 Å². The largest absolute Gasteiger partial charge is 0.444 e. The molecule has 1 heterocycles. The summed E-state index contributed by atoms with van der Waals surface area (Å²) in [6.07, 6.45) is 5.35. The molecule has 10 heteroatoms. The minimum absolute atomic E-state index is 0.0319. The van der Waals surface area contributed by atoms with Crippen LogP contribution in [-0.2, 0) is 27.2 Å². The zero-order valence-electron chi connectivity index (χ0n) is 25.4. The third-order valence-corrected chi connectivity index (χ3v) is 8.15. The number of hydrogen-bond donors (Lipinski definition) is 0.